The summed E-state index contributed by atoms with van der Waals surface area (Å²) >= 11 is 0. The Balaban J connectivity index is 1.77. The van der Waals surface area contributed by atoms with E-state index in [0.29, 0.717) is 5.56 Å². The van der Waals surface area contributed by atoms with Crippen LogP contribution in [0, 0.1) is 11.5 Å². The Morgan fingerprint density at radius 3 is 2.54 bits per heavy atom. The topological polar surface area (TPSA) is 113 Å². The minimum atomic E-state index is -3.83. The molecule has 0 aromatic heterocycles. The van der Waals surface area contributed by atoms with Crippen LogP contribution in [0.15, 0.2) is 65.6 Å². The van der Waals surface area contributed by atoms with Gasteiger partial charge in [-0.2, -0.15) is 0 Å². The minimum Gasteiger partial charge on any atom is -0.384 e. The first-order valence-electron chi connectivity index (χ1n) is 7.74. The molecule has 0 spiro atoms. The van der Waals surface area contributed by atoms with Crippen LogP contribution in [0.3, 0.4) is 0 Å². The second kappa shape index (κ2) is 7.07. The number of amidine groups is 1. The predicted octanol–water partition coefficient (Wildman–Crippen LogP) is 2.09. The number of rotatable bonds is 6. The van der Waals surface area contributed by atoms with Gasteiger partial charge >= 0.3 is 0 Å². The summed E-state index contributed by atoms with van der Waals surface area (Å²) in [6, 6.07) is 19.4. The van der Waals surface area contributed by atoms with Gasteiger partial charge < -0.3 is 5.73 Å². The van der Waals surface area contributed by atoms with Crippen molar-refractivity contribution in [3.63, 3.8) is 0 Å². The van der Waals surface area contributed by atoms with Crippen molar-refractivity contribution in [2.24, 2.45) is 5.73 Å². The average molecular weight is 366 g/mol. The van der Waals surface area contributed by atoms with E-state index in [1.807, 2.05) is 24.3 Å². The van der Waals surface area contributed by atoms with Crippen LogP contribution in [0.25, 0.3) is 10.8 Å². The summed E-state index contributed by atoms with van der Waals surface area (Å²) in [7, 11) is -3.83. The number of nitrogen functional groups attached to an aromatic ring is 1. The molecule has 0 atom stereocenters. The number of ketones is 1. The maximum absolute atomic E-state index is 12.5. The Labute approximate surface area is 151 Å². The van der Waals surface area contributed by atoms with Gasteiger partial charge in [0.05, 0.1) is 11.4 Å². The van der Waals surface area contributed by atoms with Gasteiger partial charge in [-0.1, -0.05) is 42.5 Å². The van der Waals surface area contributed by atoms with Crippen molar-refractivity contribution in [2.75, 3.05) is 6.54 Å². The Kier molecular flexibility index (Phi) is 4.83. The van der Waals surface area contributed by atoms with Crippen LogP contribution in [-0.2, 0) is 10.0 Å². The lowest BCUT2D eigenvalue weighted by molar-refractivity contribution is 0.0996. The second-order valence-electron chi connectivity index (χ2n) is 5.66. The van der Waals surface area contributed by atoms with E-state index in [1.54, 1.807) is 18.2 Å². The van der Waals surface area contributed by atoms with Gasteiger partial charge in [0.25, 0.3) is 0 Å². The number of fused-ring (bicyclic) bond motifs is 1. The number of nitrogens with two attached hydrogens (primary N) is 1. The van der Waals surface area contributed by atoms with Crippen molar-refractivity contribution < 1.29 is 13.2 Å². The summed E-state index contributed by atoms with van der Waals surface area (Å²) in [5.41, 5.74) is 5.94. The first-order chi connectivity index (χ1) is 12.4. The molecule has 3 aromatic rings. The van der Waals surface area contributed by atoms with E-state index in [2.05, 4.69) is 10.8 Å². The van der Waals surface area contributed by atoms with Crippen LogP contribution in [0.1, 0.15) is 15.9 Å². The molecule has 0 heterocycles. The predicted molar refractivity (Wildman–Crippen MR) is 99.8 cm³/mol. The lowest BCUT2D eigenvalue weighted by Gasteiger charge is -2.08. The van der Waals surface area contributed by atoms with Gasteiger partial charge in [0.2, 0.25) is 10.0 Å². The summed E-state index contributed by atoms with van der Waals surface area (Å²) in [5.74, 6) is -0.637. The zero-order chi connectivity index (χ0) is 18.7. The van der Waals surface area contributed by atoms with Crippen LogP contribution in [0.2, 0.25) is 0 Å². The number of benzene rings is 3. The molecule has 3 aromatic carbocycles. The molecule has 6 nitrogen and oxygen atoms in total. The van der Waals surface area contributed by atoms with Crippen molar-refractivity contribution in [3.05, 3.63) is 77.9 Å². The van der Waals surface area contributed by atoms with Gasteiger partial charge in [-0.15, -0.1) is 0 Å². The molecule has 1 radical (unpaired) electrons. The first-order valence-corrected chi connectivity index (χ1v) is 9.23. The van der Waals surface area contributed by atoms with E-state index >= 15 is 0 Å². The maximum atomic E-state index is 12.5. The summed E-state index contributed by atoms with van der Waals surface area (Å²) in [5, 5.41) is 9.12. The number of hydrogen-bond donors (Lipinski definition) is 3. The molecule has 0 aliphatic heterocycles. The smallest absolute Gasteiger partial charge is 0.241 e. The monoisotopic (exact) mass is 366 g/mol. The highest BCUT2D eigenvalue weighted by Crippen LogP contribution is 2.18. The molecule has 0 amide bonds. The number of sulfonamides is 1. The van der Waals surface area contributed by atoms with Crippen molar-refractivity contribution in [2.45, 2.75) is 4.90 Å². The van der Waals surface area contributed by atoms with Crippen molar-refractivity contribution in [1.82, 2.24) is 4.72 Å². The van der Waals surface area contributed by atoms with Gasteiger partial charge in [0, 0.05) is 11.1 Å². The average Bonchev–Trinajstić information content (AvgIpc) is 2.65. The van der Waals surface area contributed by atoms with Crippen molar-refractivity contribution in [3.8, 4) is 0 Å². The number of hydrogen-bond acceptors (Lipinski definition) is 4. The third-order valence-electron chi connectivity index (χ3n) is 3.87. The van der Waals surface area contributed by atoms with Gasteiger partial charge in [-0.3, -0.25) is 10.2 Å². The molecule has 3 rings (SSSR count). The third kappa shape index (κ3) is 3.79. The summed E-state index contributed by atoms with van der Waals surface area (Å²) in [4.78, 5) is 12.3. The van der Waals surface area contributed by atoms with Gasteiger partial charge in [0.1, 0.15) is 5.84 Å². The van der Waals surface area contributed by atoms with E-state index in [9.17, 15) is 13.2 Å². The molecule has 0 fully saturated rings. The third-order valence-corrected chi connectivity index (χ3v) is 5.27. The number of Topliss-reactive ketones (excluding diaryl/α,β-unsaturated/α-hetero) is 1. The maximum Gasteiger partial charge on any atom is 0.241 e. The SMILES string of the molecule is N=C(N)c1cc[c]c(C(=O)CNS(=O)(=O)c2ccc3ccccc3c2)c1. The molecule has 4 N–H and O–H groups in total. The van der Waals surface area contributed by atoms with Crippen LogP contribution in [-0.4, -0.2) is 26.6 Å². The normalized spacial score (nSPS) is 11.4. The standard InChI is InChI=1S/C19H16N3O3S/c20-19(21)16-7-3-6-15(10-16)18(23)12-22-26(24,25)17-9-8-13-4-1-2-5-14(13)11-17/h1-5,7-11,22H,12H2,(H3,20,21). The van der Waals surface area contributed by atoms with E-state index in [4.69, 9.17) is 11.1 Å². The minimum absolute atomic E-state index is 0.0884. The van der Waals surface area contributed by atoms with Crippen LogP contribution < -0.4 is 10.5 Å². The quantitative estimate of drug-likeness (QED) is 0.352. The number of carbonyl (C=O) groups excluding carboxylic acids is 1. The van der Waals surface area contributed by atoms with E-state index in [0.717, 1.165) is 10.8 Å². The van der Waals surface area contributed by atoms with Gasteiger partial charge in [-0.05, 0) is 35.0 Å². The van der Waals surface area contributed by atoms with E-state index < -0.39 is 22.4 Å². The molecule has 0 unspecified atom stereocenters. The highest BCUT2D eigenvalue weighted by Gasteiger charge is 2.17. The number of nitrogens with one attached hydrogen (secondary N) is 2. The van der Waals surface area contributed by atoms with Gasteiger partial charge in [0.15, 0.2) is 5.78 Å². The number of carbonyl (C=O) groups is 1. The fourth-order valence-corrected chi connectivity index (χ4v) is 3.49. The van der Waals surface area contributed by atoms with Crippen molar-refractivity contribution in [1.29, 1.82) is 5.41 Å². The molecule has 0 saturated carbocycles. The summed E-state index contributed by atoms with van der Waals surface area (Å²) in [6.07, 6.45) is 0. The Hall–Kier alpha value is -3.03. The summed E-state index contributed by atoms with van der Waals surface area (Å²) in [6.45, 7) is -0.410. The highest BCUT2D eigenvalue weighted by atomic mass is 32.2. The lowest BCUT2D eigenvalue weighted by atomic mass is 10.1. The zero-order valence-electron chi connectivity index (χ0n) is 13.7. The Bertz CT molecular complexity index is 1110. The highest BCUT2D eigenvalue weighted by molar-refractivity contribution is 7.89. The Morgan fingerprint density at radius 1 is 1.08 bits per heavy atom. The lowest BCUT2D eigenvalue weighted by Crippen LogP contribution is -2.29. The van der Waals surface area contributed by atoms with Gasteiger partial charge in [-0.25, -0.2) is 13.1 Å². The molecule has 7 heteroatoms. The molecule has 0 saturated heterocycles. The van der Waals surface area contributed by atoms with E-state index in [1.165, 1.54) is 18.2 Å². The van der Waals surface area contributed by atoms with Crippen LogP contribution >= 0.6 is 0 Å². The zero-order valence-corrected chi connectivity index (χ0v) is 14.5. The summed E-state index contributed by atoms with van der Waals surface area (Å²) < 4.78 is 27.2. The second-order valence-corrected chi connectivity index (χ2v) is 7.43. The fourth-order valence-electron chi connectivity index (χ4n) is 2.47. The molecule has 26 heavy (non-hydrogen) atoms. The molecular formula is C19H16N3O3S. The van der Waals surface area contributed by atoms with Crippen LogP contribution in [0.4, 0.5) is 0 Å². The molecule has 0 aliphatic carbocycles. The van der Waals surface area contributed by atoms with Crippen LogP contribution in [0.5, 0.6) is 0 Å². The van der Waals surface area contributed by atoms with E-state index in [-0.39, 0.29) is 16.3 Å². The Morgan fingerprint density at radius 2 is 1.81 bits per heavy atom. The largest absolute Gasteiger partial charge is 0.384 e. The molecule has 0 bridgehead atoms. The van der Waals surface area contributed by atoms with Crippen molar-refractivity contribution >= 4 is 32.4 Å². The fraction of sp³-hybridized carbons (Fsp3) is 0.0526. The molecule has 131 valence electrons. The molecular weight excluding hydrogens is 350 g/mol. The molecule has 0 aliphatic rings. The first kappa shape index (κ1) is 17.8.